The van der Waals surface area contributed by atoms with Gasteiger partial charge in [-0.3, -0.25) is 14.6 Å². The number of carbonyl (C=O) groups excluding carboxylic acids is 2. The number of hydrogen-bond acceptors (Lipinski definition) is 5. The summed E-state index contributed by atoms with van der Waals surface area (Å²) in [7, 11) is 1.70. The smallest absolute Gasteiger partial charge is 0.315 e. The average Bonchev–Trinajstić information content (AvgIpc) is 3.17. The standard InChI is InChI=1S/C20H24ClN5O2/c1-5-10-24-12(2)13(3)26-16-17(22-19(24)26)23(4)20(28)25(18(16)27)11-14-8-6-7-9-15(14)21/h6-9,16-17H,5,10-11H2,1-4H3. The summed E-state index contributed by atoms with van der Waals surface area (Å²) in [6.07, 6.45) is 0.452. The third kappa shape index (κ3) is 2.60. The lowest BCUT2D eigenvalue weighted by molar-refractivity contribution is -0.137. The molecule has 0 saturated carbocycles. The minimum Gasteiger partial charge on any atom is -0.315 e. The molecule has 0 radical (unpaired) electrons. The first kappa shape index (κ1) is 18.8. The van der Waals surface area contributed by atoms with Crippen LogP contribution < -0.4 is 0 Å². The Balaban J connectivity index is 1.69. The van der Waals surface area contributed by atoms with Crippen LogP contribution in [0.3, 0.4) is 0 Å². The van der Waals surface area contributed by atoms with Gasteiger partial charge in [-0.15, -0.1) is 0 Å². The predicted octanol–water partition coefficient (Wildman–Crippen LogP) is 3.08. The van der Waals surface area contributed by atoms with Crippen LogP contribution in [0.15, 0.2) is 40.7 Å². The maximum Gasteiger partial charge on any atom is 0.328 e. The lowest BCUT2D eigenvalue weighted by Gasteiger charge is -2.40. The molecule has 1 aromatic carbocycles. The number of allylic oxidation sites excluding steroid dienone is 2. The van der Waals surface area contributed by atoms with E-state index in [1.165, 1.54) is 4.90 Å². The molecule has 3 amide bonds. The Morgan fingerprint density at radius 1 is 1.11 bits per heavy atom. The third-order valence-electron chi connectivity index (χ3n) is 5.74. The van der Waals surface area contributed by atoms with E-state index in [2.05, 4.69) is 11.8 Å². The molecule has 2 unspecified atom stereocenters. The van der Waals surface area contributed by atoms with Gasteiger partial charge in [0.2, 0.25) is 5.96 Å². The summed E-state index contributed by atoms with van der Waals surface area (Å²) in [6.45, 7) is 7.14. The molecule has 148 valence electrons. The van der Waals surface area contributed by atoms with E-state index in [0.29, 0.717) is 5.02 Å². The highest BCUT2D eigenvalue weighted by molar-refractivity contribution is 6.31. The van der Waals surface area contributed by atoms with Crippen LogP contribution in [0.1, 0.15) is 32.8 Å². The first-order valence-electron chi connectivity index (χ1n) is 9.50. The van der Waals surface area contributed by atoms with Crippen LogP contribution in [0.2, 0.25) is 5.02 Å². The van der Waals surface area contributed by atoms with Crippen LogP contribution in [0.25, 0.3) is 0 Å². The van der Waals surface area contributed by atoms with Crippen LogP contribution in [0.5, 0.6) is 0 Å². The van der Waals surface area contributed by atoms with Gasteiger partial charge in [0.15, 0.2) is 12.2 Å². The van der Waals surface area contributed by atoms with Gasteiger partial charge in [-0.1, -0.05) is 36.7 Å². The Hall–Kier alpha value is -2.54. The average molecular weight is 402 g/mol. The summed E-state index contributed by atoms with van der Waals surface area (Å²) in [6, 6.07) is 6.38. The summed E-state index contributed by atoms with van der Waals surface area (Å²) in [5, 5.41) is 0.540. The van der Waals surface area contributed by atoms with Crippen LogP contribution in [0.4, 0.5) is 4.79 Å². The van der Waals surface area contributed by atoms with Crippen molar-refractivity contribution in [3.05, 3.63) is 46.2 Å². The Bertz CT molecular complexity index is 912. The van der Waals surface area contributed by atoms with Gasteiger partial charge in [-0.25, -0.2) is 9.79 Å². The van der Waals surface area contributed by atoms with Crippen molar-refractivity contribution < 1.29 is 9.59 Å². The highest BCUT2D eigenvalue weighted by Gasteiger charge is 2.55. The van der Waals surface area contributed by atoms with Gasteiger partial charge in [0, 0.05) is 30.0 Å². The molecular weight excluding hydrogens is 378 g/mol. The van der Waals surface area contributed by atoms with Crippen molar-refractivity contribution >= 4 is 29.5 Å². The van der Waals surface area contributed by atoms with E-state index in [-0.39, 0.29) is 18.5 Å². The minimum atomic E-state index is -0.544. The largest absolute Gasteiger partial charge is 0.328 e. The van der Waals surface area contributed by atoms with Crippen molar-refractivity contribution in [3.8, 4) is 0 Å². The quantitative estimate of drug-likeness (QED) is 0.777. The number of rotatable bonds is 4. The molecule has 7 nitrogen and oxygen atoms in total. The number of urea groups is 1. The van der Waals surface area contributed by atoms with Gasteiger partial charge < -0.3 is 9.80 Å². The molecule has 8 heteroatoms. The molecule has 1 fully saturated rings. The van der Waals surface area contributed by atoms with Gasteiger partial charge in [0.05, 0.1) is 6.54 Å². The van der Waals surface area contributed by atoms with E-state index in [9.17, 15) is 9.59 Å². The number of aliphatic imine (C=N–C) groups is 1. The normalized spacial score (nSPS) is 24.2. The van der Waals surface area contributed by atoms with Gasteiger partial charge in [-0.05, 0) is 31.9 Å². The van der Waals surface area contributed by atoms with E-state index < -0.39 is 12.2 Å². The monoisotopic (exact) mass is 401 g/mol. The van der Waals surface area contributed by atoms with Gasteiger partial charge >= 0.3 is 6.03 Å². The maximum absolute atomic E-state index is 13.4. The molecular formula is C20H24ClN5O2. The number of amides is 3. The second-order valence-electron chi connectivity index (χ2n) is 7.39. The molecule has 4 rings (SSSR count). The Labute approximate surface area is 169 Å². The van der Waals surface area contributed by atoms with E-state index in [4.69, 9.17) is 16.6 Å². The molecule has 2 atom stereocenters. The van der Waals surface area contributed by atoms with Crippen molar-refractivity contribution in [1.82, 2.24) is 19.6 Å². The highest BCUT2D eigenvalue weighted by atomic mass is 35.5. The van der Waals surface area contributed by atoms with E-state index in [1.54, 1.807) is 18.0 Å². The molecule has 3 aliphatic rings. The summed E-state index contributed by atoms with van der Waals surface area (Å²) in [5.74, 6) is 0.525. The number of fused-ring (bicyclic) bond motifs is 3. The van der Waals surface area contributed by atoms with Gasteiger partial charge in [0.1, 0.15) is 0 Å². The minimum absolute atomic E-state index is 0.147. The second-order valence-corrected chi connectivity index (χ2v) is 7.80. The van der Waals surface area contributed by atoms with Crippen molar-refractivity contribution in [2.45, 2.75) is 45.9 Å². The van der Waals surface area contributed by atoms with Crippen LogP contribution in [0, 0.1) is 0 Å². The fourth-order valence-electron chi connectivity index (χ4n) is 4.11. The maximum atomic E-state index is 13.4. The van der Waals surface area contributed by atoms with E-state index in [1.807, 2.05) is 36.9 Å². The van der Waals surface area contributed by atoms with Crippen LogP contribution >= 0.6 is 11.6 Å². The molecule has 0 N–H and O–H groups in total. The zero-order valence-electron chi connectivity index (χ0n) is 16.5. The predicted molar refractivity (Wildman–Crippen MR) is 107 cm³/mol. The number of hydrogen-bond donors (Lipinski definition) is 0. The first-order chi connectivity index (χ1) is 13.4. The molecule has 0 aromatic heterocycles. The number of imide groups is 1. The third-order valence-corrected chi connectivity index (χ3v) is 6.11. The van der Waals surface area contributed by atoms with Crippen LogP contribution in [-0.4, -0.2) is 63.3 Å². The molecule has 28 heavy (non-hydrogen) atoms. The molecule has 1 saturated heterocycles. The number of guanidine groups is 1. The lowest BCUT2D eigenvalue weighted by Crippen LogP contribution is -2.64. The Kier molecular flexibility index (Phi) is 4.57. The number of benzene rings is 1. The molecule has 0 bridgehead atoms. The zero-order valence-corrected chi connectivity index (χ0v) is 17.3. The molecule has 0 spiro atoms. The molecule has 0 aliphatic carbocycles. The second kappa shape index (κ2) is 6.81. The van der Waals surface area contributed by atoms with Crippen molar-refractivity contribution in [2.24, 2.45) is 4.99 Å². The van der Waals surface area contributed by atoms with Crippen molar-refractivity contribution in [3.63, 3.8) is 0 Å². The fraction of sp³-hybridized carbons (Fsp3) is 0.450. The number of carbonyl (C=O) groups is 2. The highest BCUT2D eigenvalue weighted by Crippen LogP contribution is 2.38. The van der Waals surface area contributed by atoms with Gasteiger partial charge in [-0.2, -0.15) is 0 Å². The van der Waals surface area contributed by atoms with Crippen LogP contribution in [-0.2, 0) is 11.3 Å². The molecule has 3 heterocycles. The Morgan fingerprint density at radius 2 is 1.82 bits per heavy atom. The van der Waals surface area contributed by atoms with Gasteiger partial charge in [0.25, 0.3) is 5.91 Å². The summed E-state index contributed by atoms with van der Waals surface area (Å²) < 4.78 is 0. The number of halogens is 1. The first-order valence-corrected chi connectivity index (χ1v) is 9.88. The summed E-state index contributed by atoms with van der Waals surface area (Å²) in [5.41, 5.74) is 2.85. The van der Waals surface area contributed by atoms with E-state index in [0.717, 1.165) is 35.9 Å². The summed E-state index contributed by atoms with van der Waals surface area (Å²) >= 11 is 6.26. The lowest BCUT2D eigenvalue weighted by atomic mass is 10.1. The zero-order chi connectivity index (χ0) is 20.2. The molecule has 3 aliphatic heterocycles. The topological polar surface area (TPSA) is 59.5 Å². The molecule has 1 aromatic rings. The van der Waals surface area contributed by atoms with E-state index >= 15 is 0 Å². The fourth-order valence-corrected chi connectivity index (χ4v) is 4.31. The van der Waals surface area contributed by atoms with Crippen molar-refractivity contribution in [2.75, 3.05) is 13.6 Å². The SMILES string of the molecule is CCCN1C2=NC3C(C(=O)N(Cc4ccccc4Cl)C(=O)N3C)N2C(C)=C1C. The number of likely N-dealkylation sites (N-methyl/N-ethyl adjacent to an activating group) is 1. The Morgan fingerprint density at radius 3 is 2.50 bits per heavy atom. The van der Waals surface area contributed by atoms with Crippen molar-refractivity contribution in [1.29, 1.82) is 0 Å². The number of nitrogens with zero attached hydrogens (tertiary/aromatic N) is 5. The summed E-state index contributed by atoms with van der Waals surface area (Å²) in [4.78, 5) is 38.1.